The predicted molar refractivity (Wildman–Crippen MR) is 116 cm³/mol. The van der Waals surface area contributed by atoms with Crippen LogP contribution in [0.25, 0.3) is 0 Å². The van der Waals surface area contributed by atoms with Crippen LogP contribution in [0.2, 0.25) is 0 Å². The number of hydrogen-bond donors (Lipinski definition) is 0. The zero-order valence-electron chi connectivity index (χ0n) is 16.6. The average Bonchev–Trinajstić information content (AvgIpc) is 2.57. The summed E-state index contributed by atoms with van der Waals surface area (Å²) in [6, 6.07) is -2.32. The summed E-state index contributed by atoms with van der Waals surface area (Å²) in [6.45, 7) is 15.2. The van der Waals surface area contributed by atoms with E-state index in [9.17, 15) is 0 Å². The van der Waals surface area contributed by atoms with Gasteiger partial charge in [-0.2, -0.15) is 0 Å². The molecule has 0 nitrogen and oxygen atoms in total. The molecule has 0 fully saturated rings. The first-order valence-corrected chi connectivity index (χ1v) is 18.4. The van der Waals surface area contributed by atoms with Crippen molar-refractivity contribution >= 4 is 12.1 Å². The quantitative estimate of drug-likeness (QED) is 0.219. The fourth-order valence-corrected chi connectivity index (χ4v) is 42.6. The molecule has 0 amide bonds. The third kappa shape index (κ3) is 4.93. The molecule has 0 saturated heterocycles. The molecule has 0 aromatic heterocycles. The molecule has 0 saturated carbocycles. The third-order valence-corrected chi connectivity index (χ3v) is 38.2. The molecule has 0 bridgehead atoms. The summed E-state index contributed by atoms with van der Waals surface area (Å²) in [6.07, 6.45) is 21.9. The van der Waals surface area contributed by atoms with Crippen LogP contribution in [-0.4, -0.2) is 37.0 Å². The Balaban J connectivity index is 3.40. The van der Waals surface area contributed by atoms with Gasteiger partial charge in [-0.05, 0) is 0 Å². The molecule has 0 unspecified atom stereocenters. The molecule has 0 aromatic carbocycles. The number of allylic oxidation sites excluding steroid dienone is 4. The standard InChI is InChI=1S/C8H11.2C6H15P.Ni/c1-2-4-6-8-7-5-3-1;2*1-4-7(5-2)6-3;/h1-2,7H,3-6H2;2*4-6H2,1-3H3;/q;;;-2/p+2. The summed E-state index contributed by atoms with van der Waals surface area (Å²) in [7, 11) is 0. The van der Waals surface area contributed by atoms with Crippen LogP contribution in [0.3, 0.4) is 0 Å². The van der Waals surface area contributed by atoms with Gasteiger partial charge >= 0.3 is 152 Å². The van der Waals surface area contributed by atoms with E-state index in [1.54, 1.807) is 0 Å². The van der Waals surface area contributed by atoms with Gasteiger partial charge in [-0.15, -0.1) is 0 Å². The zero-order chi connectivity index (χ0) is 17.3. The minimum atomic E-state index is -1.16. The van der Waals surface area contributed by atoms with Gasteiger partial charge in [0.25, 0.3) is 0 Å². The average molecular weight is 404 g/mol. The SMILES string of the molecule is CC[PH](CC)(CC)[Ni]([C]1=CCCC=CCC1)[PH](CC)(CC)CC. The Morgan fingerprint density at radius 3 is 1.57 bits per heavy atom. The normalized spacial score (nSPS) is 18.9. The molecule has 143 valence electrons. The molecule has 0 heterocycles. The Hall–Kier alpha value is 0.834. The van der Waals surface area contributed by atoms with Crippen LogP contribution < -0.4 is 0 Å². The molecule has 3 heteroatoms. The van der Waals surface area contributed by atoms with Crippen molar-refractivity contribution in [1.82, 2.24) is 0 Å². The summed E-state index contributed by atoms with van der Waals surface area (Å²) in [5.41, 5.74) is 0. The Labute approximate surface area is 151 Å². The van der Waals surface area contributed by atoms with Gasteiger partial charge in [-0.1, -0.05) is 0 Å². The fraction of sp³-hybridized carbons (Fsp3) is 0.800. The van der Waals surface area contributed by atoms with Crippen LogP contribution in [0.1, 0.15) is 67.2 Å². The van der Waals surface area contributed by atoms with E-state index in [4.69, 9.17) is 0 Å². The van der Waals surface area contributed by atoms with Crippen molar-refractivity contribution in [1.29, 1.82) is 0 Å². The van der Waals surface area contributed by atoms with Crippen molar-refractivity contribution in [3.63, 3.8) is 0 Å². The van der Waals surface area contributed by atoms with E-state index < -0.39 is 12.1 Å². The Kier molecular flexibility index (Phi) is 10.2. The van der Waals surface area contributed by atoms with E-state index in [2.05, 4.69) is 59.8 Å². The van der Waals surface area contributed by atoms with E-state index in [-0.39, 0.29) is 0 Å². The first-order chi connectivity index (χ1) is 11.1. The van der Waals surface area contributed by atoms with Gasteiger partial charge in [-0.25, -0.2) is 0 Å². The monoisotopic (exact) mass is 403 g/mol. The van der Waals surface area contributed by atoms with Crippen molar-refractivity contribution in [3.8, 4) is 0 Å². The summed E-state index contributed by atoms with van der Waals surface area (Å²) in [5.74, 6) is 0. The second-order valence-electron chi connectivity index (χ2n) is 6.73. The first-order valence-electron chi connectivity index (χ1n) is 10.0. The first kappa shape index (κ1) is 21.9. The van der Waals surface area contributed by atoms with Gasteiger partial charge in [0.1, 0.15) is 0 Å². The fourth-order valence-electron chi connectivity index (χ4n) is 3.98. The zero-order valence-corrected chi connectivity index (χ0v) is 19.6. The van der Waals surface area contributed by atoms with E-state index in [1.807, 2.05) is 4.54 Å². The molecule has 1 rings (SSSR count). The van der Waals surface area contributed by atoms with Gasteiger partial charge in [0, 0.05) is 0 Å². The summed E-state index contributed by atoms with van der Waals surface area (Å²) < 4.78 is 1.96. The van der Waals surface area contributed by atoms with Crippen LogP contribution in [0.5, 0.6) is 0 Å². The van der Waals surface area contributed by atoms with Gasteiger partial charge in [-0.3, -0.25) is 0 Å². The number of rotatable bonds is 9. The maximum absolute atomic E-state index is 2.73. The van der Waals surface area contributed by atoms with Crippen LogP contribution in [0.4, 0.5) is 0 Å². The van der Waals surface area contributed by atoms with E-state index in [0.29, 0.717) is 12.5 Å². The number of hydrogen-bond acceptors (Lipinski definition) is 0. The minimum absolute atomic E-state index is 0.502. The second kappa shape index (κ2) is 10.7. The second-order valence-corrected chi connectivity index (χ2v) is 26.9. The molecule has 0 N–H and O–H groups in total. The Morgan fingerprint density at radius 1 is 0.696 bits per heavy atom. The van der Waals surface area contributed by atoms with Crippen molar-refractivity contribution < 1.29 is 12.5 Å². The molecule has 1 aliphatic rings. The Morgan fingerprint density at radius 2 is 1.13 bits per heavy atom. The van der Waals surface area contributed by atoms with Gasteiger partial charge < -0.3 is 0 Å². The molecule has 1 aliphatic carbocycles. The molecule has 23 heavy (non-hydrogen) atoms. The van der Waals surface area contributed by atoms with Crippen molar-refractivity contribution in [2.75, 3.05) is 37.0 Å². The molecule has 0 aromatic rings. The van der Waals surface area contributed by atoms with Crippen molar-refractivity contribution in [3.05, 3.63) is 22.8 Å². The van der Waals surface area contributed by atoms with Crippen LogP contribution in [0, 0.1) is 0 Å². The molecular weight excluding hydrogens is 361 g/mol. The molecule has 0 atom stereocenters. The predicted octanol–water partition coefficient (Wildman–Crippen LogP) is 7.07. The van der Waals surface area contributed by atoms with Gasteiger partial charge in [0.05, 0.1) is 0 Å². The van der Waals surface area contributed by atoms with Crippen molar-refractivity contribution in [2.45, 2.75) is 67.2 Å². The van der Waals surface area contributed by atoms with Crippen LogP contribution in [0.15, 0.2) is 22.8 Å². The van der Waals surface area contributed by atoms with Crippen molar-refractivity contribution in [2.24, 2.45) is 0 Å². The molecule has 0 radical (unpaired) electrons. The third-order valence-electron chi connectivity index (χ3n) is 5.93. The summed E-state index contributed by atoms with van der Waals surface area (Å²) in [4.78, 5) is 0. The van der Waals surface area contributed by atoms with Crippen LogP contribution in [-0.2, 0) is 12.5 Å². The van der Waals surface area contributed by atoms with E-state index in [1.165, 1.54) is 62.7 Å². The van der Waals surface area contributed by atoms with E-state index >= 15 is 0 Å². The van der Waals surface area contributed by atoms with Gasteiger partial charge in [0.2, 0.25) is 0 Å². The molecular formula is C20H43NiP2. The summed E-state index contributed by atoms with van der Waals surface area (Å²) in [5, 5.41) is 0. The van der Waals surface area contributed by atoms with E-state index in [0.717, 1.165) is 0 Å². The molecule has 0 aliphatic heterocycles. The Bertz CT molecular complexity index is 356. The molecule has 0 spiro atoms. The maximum atomic E-state index is 2.73. The van der Waals surface area contributed by atoms with Gasteiger partial charge in [0.15, 0.2) is 0 Å². The van der Waals surface area contributed by atoms with Crippen LogP contribution >= 0.6 is 12.1 Å². The topological polar surface area (TPSA) is 0 Å². The summed E-state index contributed by atoms with van der Waals surface area (Å²) >= 11 is 0.502.